The molecule has 1 fully saturated rings. The molecule has 2 rings (SSSR count). The van der Waals surface area contributed by atoms with E-state index in [2.05, 4.69) is 0 Å². The van der Waals surface area contributed by atoms with Crippen LogP contribution in [-0.2, 0) is 0 Å². The zero-order valence-electron chi connectivity index (χ0n) is 10.4. The van der Waals surface area contributed by atoms with Crippen molar-refractivity contribution in [2.75, 3.05) is 13.2 Å². The number of likely N-dealkylation sites (tertiary alicyclic amines) is 1. The predicted octanol–water partition coefficient (Wildman–Crippen LogP) is 2.98. The van der Waals surface area contributed by atoms with Gasteiger partial charge in [-0.2, -0.15) is 0 Å². The van der Waals surface area contributed by atoms with E-state index < -0.39 is 5.82 Å². The minimum absolute atomic E-state index is 0.0797. The second kappa shape index (κ2) is 5.65. The van der Waals surface area contributed by atoms with Gasteiger partial charge in [-0.25, -0.2) is 4.39 Å². The first kappa shape index (κ1) is 14.6. The Labute approximate surface area is 120 Å². The van der Waals surface area contributed by atoms with Crippen LogP contribution in [0.4, 0.5) is 4.39 Å². The van der Waals surface area contributed by atoms with E-state index >= 15 is 0 Å². The summed E-state index contributed by atoms with van der Waals surface area (Å²) in [6.45, 7) is 2.39. The van der Waals surface area contributed by atoms with Crippen molar-refractivity contribution >= 4 is 29.1 Å². The largest absolute Gasteiger partial charge is 0.394 e. The van der Waals surface area contributed by atoms with E-state index in [-0.39, 0.29) is 40.1 Å². The Bertz CT molecular complexity index is 510. The topological polar surface area (TPSA) is 40.5 Å². The summed E-state index contributed by atoms with van der Waals surface area (Å²) in [5, 5.41) is 9.35. The molecule has 19 heavy (non-hydrogen) atoms. The number of rotatable bonds is 2. The Kier molecular flexibility index (Phi) is 4.33. The Morgan fingerprint density at radius 3 is 2.79 bits per heavy atom. The van der Waals surface area contributed by atoms with Crippen LogP contribution in [0.5, 0.6) is 0 Å². The quantitative estimate of drug-likeness (QED) is 0.853. The monoisotopic (exact) mass is 305 g/mol. The Morgan fingerprint density at radius 2 is 2.16 bits per heavy atom. The molecule has 3 nitrogen and oxygen atoms in total. The van der Waals surface area contributed by atoms with E-state index in [0.29, 0.717) is 6.54 Å². The third kappa shape index (κ3) is 2.71. The summed E-state index contributed by atoms with van der Waals surface area (Å²) in [7, 11) is 0. The molecule has 1 N–H and O–H groups in total. The Hall–Kier alpha value is -0.840. The maximum Gasteiger partial charge on any atom is 0.255 e. The number of hydrogen-bond acceptors (Lipinski definition) is 2. The van der Waals surface area contributed by atoms with Gasteiger partial charge in [0.1, 0.15) is 5.82 Å². The van der Waals surface area contributed by atoms with Gasteiger partial charge in [-0.1, -0.05) is 30.1 Å². The van der Waals surface area contributed by atoms with Crippen LogP contribution in [0.2, 0.25) is 10.0 Å². The van der Waals surface area contributed by atoms with E-state index in [1.54, 1.807) is 4.90 Å². The van der Waals surface area contributed by atoms with Crippen LogP contribution < -0.4 is 0 Å². The molecule has 1 heterocycles. The fourth-order valence-electron chi connectivity index (χ4n) is 2.38. The highest BCUT2D eigenvalue weighted by Gasteiger charge is 2.35. The van der Waals surface area contributed by atoms with Gasteiger partial charge in [0.2, 0.25) is 0 Å². The van der Waals surface area contributed by atoms with Crippen molar-refractivity contribution in [2.24, 2.45) is 5.92 Å². The molecule has 2 atom stereocenters. The molecule has 1 aromatic carbocycles. The van der Waals surface area contributed by atoms with Crippen molar-refractivity contribution in [1.82, 2.24) is 4.90 Å². The minimum Gasteiger partial charge on any atom is -0.394 e. The molecule has 2 unspecified atom stereocenters. The highest BCUT2D eigenvalue weighted by molar-refractivity contribution is 6.36. The van der Waals surface area contributed by atoms with E-state index in [4.69, 9.17) is 23.2 Å². The van der Waals surface area contributed by atoms with Crippen molar-refractivity contribution < 1.29 is 14.3 Å². The van der Waals surface area contributed by atoms with Crippen LogP contribution in [0, 0.1) is 11.7 Å². The van der Waals surface area contributed by atoms with Crippen LogP contribution in [-0.4, -0.2) is 35.1 Å². The number of carbonyl (C=O) groups is 1. The highest BCUT2D eigenvalue weighted by Crippen LogP contribution is 2.29. The number of aliphatic hydroxyl groups is 1. The van der Waals surface area contributed by atoms with Crippen LogP contribution >= 0.6 is 23.2 Å². The zero-order valence-corrected chi connectivity index (χ0v) is 11.9. The molecule has 1 saturated heterocycles. The summed E-state index contributed by atoms with van der Waals surface area (Å²) in [6.07, 6.45) is 0.810. The van der Waals surface area contributed by atoms with E-state index in [1.807, 2.05) is 6.92 Å². The molecular formula is C13H14Cl2FNO2. The maximum atomic E-state index is 13.5. The average molecular weight is 306 g/mol. The van der Waals surface area contributed by atoms with Crippen LogP contribution in [0.1, 0.15) is 23.7 Å². The van der Waals surface area contributed by atoms with Crippen LogP contribution in [0.3, 0.4) is 0 Å². The third-order valence-corrected chi connectivity index (χ3v) is 4.17. The third-order valence-electron chi connectivity index (χ3n) is 3.57. The number of aliphatic hydroxyl groups excluding tert-OH is 1. The molecule has 0 aliphatic carbocycles. The molecular weight excluding hydrogens is 292 g/mol. The normalized spacial score (nSPS) is 22.9. The first-order valence-electron chi connectivity index (χ1n) is 6.02. The summed E-state index contributed by atoms with van der Waals surface area (Å²) in [4.78, 5) is 13.9. The van der Waals surface area contributed by atoms with E-state index in [0.717, 1.165) is 12.5 Å². The van der Waals surface area contributed by atoms with Gasteiger partial charge in [0, 0.05) is 6.54 Å². The molecule has 1 amide bonds. The van der Waals surface area contributed by atoms with Gasteiger partial charge in [0.25, 0.3) is 5.91 Å². The number of carbonyl (C=O) groups excluding carboxylic acids is 1. The fourth-order valence-corrected chi connectivity index (χ4v) is 2.84. The molecule has 1 aliphatic rings. The minimum atomic E-state index is -0.679. The molecule has 0 aromatic heterocycles. The SMILES string of the molecule is CC1CCN(C(=O)c2cc(F)c(Cl)cc2Cl)C1CO. The summed E-state index contributed by atoms with van der Waals surface area (Å²) >= 11 is 11.5. The molecule has 6 heteroatoms. The number of hydrogen-bond donors (Lipinski definition) is 1. The molecule has 1 aromatic rings. The van der Waals surface area contributed by atoms with Crippen molar-refractivity contribution in [3.63, 3.8) is 0 Å². The van der Waals surface area contributed by atoms with Crippen LogP contribution in [0.25, 0.3) is 0 Å². The van der Waals surface area contributed by atoms with Gasteiger partial charge in [-0.05, 0) is 24.5 Å². The van der Waals surface area contributed by atoms with Gasteiger partial charge >= 0.3 is 0 Å². The molecule has 0 saturated carbocycles. The van der Waals surface area contributed by atoms with Crippen LogP contribution in [0.15, 0.2) is 12.1 Å². The summed E-state index contributed by atoms with van der Waals surface area (Å²) < 4.78 is 13.5. The number of nitrogens with zero attached hydrogens (tertiary/aromatic N) is 1. The molecule has 0 radical (unpaired) electrons. The summed E-state index contributed by atoms with van der Waals surface area (Å²) in [5.74, 6) is -0.837. The predicted molar refractivity (Wildman–Crippen MR) is 72.1 cm³/mol. The number of halogens is 3. The lowest BCUT2D eigenvalue weighted by Crippen LogP contribution is -2.40. The number of amides is 1. The standard InChI is InChI=1S/C13H14Cl2FNO2/c1-7-2-3-17(12(7)6-18)13(19)8-4-11(16)10(15)5-9(8)14/h4-5,7,12,18H,2-3,6H2,1H3. The number of benzene rings is 1. The van der Waals surface area contributed by atoms with Crippen molar-refractivity contribution in [2.45, 2.75) is 19.4 Å². The lowest BCUT2D eigenvalue weighted by molar-refractivity contribution is 0.0648. The van der Waals surface area contributed by atoms with Gasteiger partial charge in [-0.3, -0.25) is 4.79 Å². The molecule has 0 bridgehead atoms. The van der Waals surface area contributed by atoms with Crippen molar-refractivity contribution in [1.29, 1.82) is 0 Å². The smallest absolute Gasteiger partial charge is 0.255 e. The Morgan fingerprint density at radius 1 is 1.47 bits per heavy atom. The van der Waals surface area contributed by atoms with Gasteiger partial charge < -0.3 is 10.0 Å². The van der Waals surface area contributed by atoms with E-state index in [1.165, 1.54) is 6.07 Å². The summed E-state index contributed by atoms with van der Waals surface area (Å²) in [6, 6.07) is 2.02. The van der Waals surface area contributed by atoms with E-state index in [9.17, 15) is 14.3 Å². The summed E-state index contributed by atoms with van der Waals surface area (Å²) in [5.41, 5.74) is 0.0797. The first-order valence-corrected chi connectivity index (χ1v) is 6.77. The second-order valence-corrected chi connectivity index (χ2v) is 5.57. The van der Waals surface area contributed by atoms with Gasteiger partial charge in [-0.15, -0.1) is 0 Å². The van der Waals surface area contributed by atoms with Crippen molar-refractivity contribution in [3.05, 3.63) is 33.6 Å². The van der Waals surface area contributed by atoms with Crippen molar-refractivity contribution in [3.8, 4) is 0 Å². The van der Waals surface area contributed by atoms with Gasteiger partial charge in [0.05, 0.1) is 28.3 Å². The Balaban J connectivity index is 2.32. The highest BCUT2D eigenvalue weighted by atomic mass is 35.5. The zero-order chi connectivity index (χ0) is 14.2. The second-order valence-electron chi connectivity index (χ2n) is 4.76. The molecule has 0 spiro atoms. The fraction of sp³-hybridized carbons (Fsp3) is 0.462. The lowest BCUT2D eigenvalue weighted by atomic mass is 10.0. The lowest BCUT2D eigenvalue weighted by Gasteiger charge is -2.25. The average Bonchev–Trinajstić information content (AvgIpc) is 2.74. The molecule has 1 aliphatic heterocycles. The maximum absolute atomic E-state index is 13.5. The van der Waals surface area contributed by atoms with Gasteiger partial charge in [0.15, 0.2) is 0 Å². The molecule has 104 valence electrons. The first-order chi connectivity index (χ1) is 8.95.